The lowest BCUT2D eigenvalue weighted by Crippen LogP contribution is -2.51. The number of benzene rings is 2. The van der Waals surface area contributed by atoms with Gasteiger partial charge in [-0.15, -0.1) is 0 Å². The normalized spacial score (nSPS) is 14.9. The first-order chi connectivity index (χ1) is 15.3. The van der Waals surface area contributed by atoms with Crippen LogP contribution >= 0.6 is 34.8 Å². The molecule has 32 heavy (non-hydrogen) atoms. The van der Waals surface area contributed by atoms with Gasteiger partial charge in [-0.2, -0.15) is 0 Å². The summed E-state index contributed by atoms with van der Waals surface area (Å²) >= 11 is 18.3. The molecule has 4 nitrogen and oxygen atoms in total. The van der Waals surface area contributed by atoms with Gasteiger partial charge in [0.15, 0.2) is 0 Å². The van der Waals surface area contributed by atoms with Crippen LogP contribution in [0.5, 0.6) is 0 Å². The first kappa shape index (κ1) is 24.8. The van der Waals surface area contributed by atoms with Crippen molar-refractivity contribution in [1.29, 1.82) is 0 Å². The minimum atomic E-state index is -0.705. The molecule has 0 radical (unpaired) electrons. The Bertz CT molecular complexity index is 959. The van der Waals surface area contributed by atoms with Gasteiger partial charge in [0.1, 0.15) is 11.9 Å². The predicted octanol–water partition coefficient (Wildman–Crippen LogP) is 6.19. The SMILES string of the molecule is CC[C@H](C(=O)NC1CCCC1)N(Cc1ccc(Cl)c(Cl)c1)C(=O)Cc1c(F)cccc1Cl. The van der Waals surface area contributed by atoms with Crippen molar-refractivity contribution in [3.05, 3.63) is 68.4 Å². The summed E-state index contributed by atoms with van der Waals surface area (Å²) in [7, 11) is 0. The highest BCUT2D eigenvalue weighted by Crippen LogP contribution is 2.26. The zero-order valence-electron chi connectivity index (χ0n) is 17.8. The van der Waals surface area contributed by atoms with Crippen molar-refractivity contribution in [2.24, 2.45) is 0 Å². The van der Waals surface area contributed by atoms with Crippen LogP contribution in [0.15, 0.2) is 36.4 Å². The van der Waals surface area contributed by atoms with E-state index in [0.717, 1.165) is 31.2 Å². The molecule has 1 N–H and O–H groups in total. The van der Waals surface area contributed by atoms with Crippen LogP contribution in [0, 0.1) is 5.82 Å². The maximum atomic E-state index is 14.3. The largest absolute Gasteiger partial charge is 0.352 e. The third kappa shape index (κ3) is 6.15. The number of carbonyl (C=O) groups is 2. The summed E-state index contributed by atoms with van der Waals surface area (Å²) in [6.45, 7) is 1.99. The maximum absolute atomic E-state index is 14.3. The standard InChI is InChI=1S/C24H26Cl3FN2O2/c1-2-22(24(32)29-16-6-3-4-7-16)30(14-15-10-11-19(26)20(27)12-15)23(31)13-17-18(25)8-5-9-21(17)28/h5,8-12,16,22H,2-4,6-7,13-14H2,1H3,(H,29,32)/t22-/m1/s1. The molecule has 2 amide bonds. The quantitative estimate of drug-likeness (QED) is 0.470. The van der Waals surface area contributed by atoms with Gasteiger partial charge >= 0.3 is 0 Å². The molecule has 0 bridgehead atoms. The molecule has 0 saturated heterocycles. The second-order valence-electron chi connectivity index (χ2n) is 8.06. The summed E-state index contributed by atoms with van der Waals surface area (Å²) in [6.07, 6.45) is 4.21. The summed E-state index contributed by atoms with van der Waals surface area (Å²) in [5, 5.41) is 4.01. The molecule has 1 atom stereocenters. The number of halogens is 4. The van der Waals surface area contributed by atoms with Crippen LogP contribution in [0.2, 0.25) is 15.1 Å². The fraction of sp³-hybridized carbons (Fsp3) is 0.417. The summed E-state index contributed by atoms with van der Waals surface area (Å²) in [5.41, 5.74) is 0.837. The van der Waals surface area contributed by atoms with E-state index in [4.69, 9.17) is 34.8 Å². The Kier molecular flexibility index (Phi) is 8.80. The van der Waals surface area contributed by atoms with Crippen molar-refractivity contribution >= 4 is 46.6 Å². The topological polar surface area (TPSA) is 49.4 Å². The molecule has 0 heterocycles. The maximum Gasteiger partial charge on any atom is 0.243 e. The van der Waals surface area contributed by atoms with E-state index in [1.54, 1.807) is 24.3 Å². The molecule has 0 spiro atoms. The first-order valence-corrected chi connectivity index (χ1v) is 11.9. The highest BCUT2D eigenvalue weighted by atomic mass is 35.5. The average Bonchev–Trinajstić information content (AvgIpc) is 3.26. The predicted molar refractivity (Wildman–Crippen MR) is 127 cm³/mol. The van der Waals surface area contributed by atoms with E-state index >= 15 is 0 Å². The van der Waals surface area contributed by atoms with E-state index < -0.39 is 17.8 Å². The van der Waals surface area contributed by atoms with Crippen LogP contribution in [-0.4, -0.2) is 28.8 Å². The summed E-state index contributed by atoms with van der Waals surface area (Å²) < 4.78 is 14.3. The van der Waals surface area contributed by atoms with E-state index in [2.05, 4.69) is 5.32 Å². The van der Waals surface area contributed by atoms with Gasteiger partial charge in [0, 0.05) is 23.2 Å². The Morgan fingerprint density at radius 3 is 2.44 bits per heavy atom. The molecule has 0 aliphatic heterocycles. The lowest BCUT2D eigenvalue weighted by Gasteiger charge is -2.32. The van der Waals surface area contributed by atoms with Gasteiger partial charge < -0.3 is 10.2 Å². The van der Waals surface area contributed by atoms with Gasteiger partial charge in [-0.3, -0.25) is 9.59 Å². The van der Waals surface area contributed by atoms with E-state index in [0.29, 0.717) is 16.5 Å². The minimum absolute atomic E-state index is 0.115. The third-order valence-corrected chi connectivity index (χ3v) is 6.91. The molecule has 1 saturated carbocycles. The van der Waals surface area contributed by atoms with Crippen molar-refractivity contribution in [2.45, 2.75) is 64.1 Å². The third-order valence-electron chi connectivity index (χ3n) is 5.81. The van der Waals surface area contributed by atoms with Gasteiger partial charge in [0.2, 0.25) is 11.8 Å². The van der Waals surface area contributed by atoms with Gasteiger partial charge in [-0.25, -0.2) is 4.39 Å². The molecule has 0 aromatic heterocycles. The fourth-order valence-corrected chi connectivity index (χ4v) is 4.63. The Morgan fingerprint density at radius 1 is 1.09 bits per heavy atom. The number of hydrogen-bond donors (Lipinski definition) is 1. The van der Waals surface area contributed by atoms with E-state index in [1.807, 2.05) is 6.92 Å². The van der Waals surface area contributed by atoms with E-state index in [1.165, 1.54) is 17.0 Å². The van der Waals surface area contributed by atoms with Crippen molar-refractivity contribution in [1.82, 2.24) is 10.2 Å². The van der Waals surface area contributed by atoms with E-state index in [9.17, 15) is 14.0 Å². The van der Waals surface area contributed by atoms with Crippen molar-refractivity contribution < 1.29 is 14.0 Å². The highest BCUT2D eigenvalue weighted by molar-refractivity contribution is 6.42. The molecular weight excluding hydrogens is 474 g/mol. The molecule has 0 unspecified atom stereocenters. The van der Waals surface area contributed by atoms with Crippen LogP contribution in [0.3, 0.4) is 0 Å². The Morgan fingerprint density at radius 2 is 1.81 bits per heavy atom. The number of rotatable bonds is 8. The molecule has 1 aliphatic carbocycles. The fourth-order valence-electron chi connectivity index (χ4n) is 4.08. The van der Waals surface area contributed by atoms with Crippen molar-refractivity contribution in [3.8, 4) is 0 Å². The molecule has 1 fully saturated rings. The number of hydrogen-bond acceptors (Lipinski definition) is 2. The summed E-state index contributed by atoms with van der Waals surface area (Å²) in [6, 6.07) is 8.79. The molecule has 2 aromatic rings. The summed E-state index contributed by atoms with van der Waals surface area (Å²) in [5.74, 6) is -1.15. The number of carbonyl (C=O) groups excluding carboxylic acids is 2. The van der Waals surface area contributed by atoms with Crippen molar-refractivity contribution in [2.75, 3.05) is 0 Å². The zero-order chi connectivity index (χ0) is 23.3. The zero-order valence-corrected chi connectivity index (χ0v) is 20.1. The molecule has 8 heteroatoms. The lowest BCUT2D eigenvalue weighted by atomic mass is 10.1. The second kappa shape index (κ2) is 11.4. The van der Waals surface area contributed by atoms with Gasteiger partial charge in [-0.05, 0) is 49.1 Å². The minimum Gasteiger partial charge on any atom is -0.352 e. The Hall–Kier alpha value is -1.82. The molecule has 3 rings (SSSR count). The molecule has 2 aromatic carbocycles. The Labute approximate surface area is 203 Å². The highest BCUT2D eigenvalue weighted by Gasteiger charge is 2.31. The second-order valence-corrected chi connectivity index (χ2v) is 9.28. The Balaban J connectivity index is 1.88. The van der Waals surface area contributed by atoms with Crippen LogP contribution in [0.25, 0.3) is 0 Å². The molecule has 172 valence electrons. The lowest BCUT2D eigenvalue weighted by molar-refractivity contribution is -0.141. The van der Waals surface area contributed by atoms with Crippen LogP contribution in [-0.2, 0) is 22.6 Å². The smallest absolute Gasteiger partial charge is 0.243 e. The molecular formula is C24H26Cl3FN2O2. The summed E-state index contributed by atoms with van der Waals surface area (Å²) in [4.78, 5) is 28.0. The van der Waals surface area contributed by atoms with Gasteiger partial charge in [0.25, 0.3) is 0 Å². The monoisotopic (exact) mass is 498 g/mol. The number of nitrogens with zero attached hydrogens (tertiary/aromatic N) is 1. The van der Waals surface area contributed by atoms with Crippen molar-refractivity contribution in [3.63, 3.8) is 0 Å². The van der Waals surface area contributed by atoms with E-state index in [-0.39, 0.29) is 35.5 Å². The van der Waals surface area contributed by atoms with Crippen LogP contribution < -0.4 is 5.32 Å². The first-order valence-electron chi connectivity index (χ1n) is 10.8. The number of amides is 2. The average molecular weight is 500 g/mol. The van der Waals surface area contributed by atoms with Crippen LogP contribution in [0.4, 0.5) is 4.39 Å². The van der Waals surface area contributed by atoms with Crippen LogP contribution in [0.1, 0.15) is 50.2 Å². The van der Waals surface area contributed by atoms with Gasteiger partial charge in [-0.1, -0.05) is 66.7 Å². The number of nitrogens with one attached hydrogen (secondary N) is 1. The van der Waals surface area contributed by atoms with Gasteiger partial charge in [0.05, 0.1) is 16.5 Å². The molecule has 1 aliphatic rings.